The molecule has 1 aliphatic rings. The first-order valence-corrected chi connectivity index (χ1v) is 10.5. The Bertz CT molecular complexity index is 895. The first kappa shape index (κ1) is 18.3. The van der Waals surface area contributed by atoms with Gasteiger partial charge in [-0.05, 0) is 40.8 Å². The molecular formula is C25H30O2. The van der Waals surface area contributed by atoms with Gasteiger partial charge in [-0.3, -0.25) is 0 Å². The Morgan fingerprint density at radius 3 is 2.30 bits per heavy atom. The highest BCUT2D eigenvalue weighted by atomic mass is 16.7. The quantitative estimate of drug-likeness (QED) is 0.295. The first-order valence-electron chi connectivity index (χ1n) is 10.5. The van der Waals surface area contributed by atoms with Gasteiger partial charge in [-0.15, -0.1) is 0 Å². The molecule has 0 aliphatic carbocycles. The summed E-state index contributed by atoms with van der Waals surface area (Å²) in [7, 11) is 0. The second-order valence-electron chi connectivity index (χ2n) is 7.81. The molecule has 1 saturated heterocycles. The Labute approximate surface area is 162 Å². The van der Waals surface area contributed by atoms with Gasteiger partial charge in [0.05, 0.1) is 6.61 Å². The predicted octanol–water partition coefficient (Wildman–Crippen LogP) is 7.24. The first-order chi connectivity index (χ1) is 13.3. The third-order valence-corrected chi connectivity index (χ3v) is 5.76. The molecule has 4 rings (SSSR count). The summed E-state index contributed by atoms with van der Waals surface area (Å²) in [4.78, 5) is 0. The normalized spacial score (nSPS) is 19.3. The zero-order chi connectivity index (χ0) is 18.5. The Morgan fingerprint density at radius 1 is 0.852 bits per heavy atom. The second kappa shape index (κ2) is 8.31. The monoisotopic (exact) mass is 362 g/mol. The van der Waals surface area contributed by atoms with Crippen LogP contribution in [0.15, 0.2) is 54.6 Å². The molecule has 3 aromatic rings. The van der Waals surface area contributed by atoms with E-state index in [0.29, 0.717) is 0 Å². The van der Waals surface area contributed by atoms with Crippen LogP contribution >= 0.6 is 0 Å². The predicted molar refractivity (Wildman–Crippen MR) is 113 cm³/mol. The highest BCUT2D eigenvalue weighted by Gasteiger charge is 2.40. The van der Waals surface area contributed by atoms with Crippen LogP contribution in [0.25, 0.3) is 21.5 Å². The van der Waals surface area contributed by atoms with E-state index in [1.165, 1.54) is 60.1 Å². The van der Waals surface area contributed by atoms with Gasteiger partial charge < -0.3 is 9.47 Å². The molecule has 0 N–H and O–H groups in total. The maximum absolute atomic E-state index is 6.51. The van der Waals surface area contributed by atoms with E-state index in [0.717, 1.165) is 25.2 Å². The number of ether oxygens (including phenoxy) is 2. The summed E-state index contributed by atoms with van der Waals surface area (Å²) in [6, 6.07) is 19.3. The van der Waals surface area contributed by atoms with E-state index in [-0.39, 0.29) is 0 Å². The lowest BCUT2D eigenvalue weighted by atomic mass is 9.98. The van der Waals surface area contributed by atoms with Gasteiger partial charge in [-0.2, -0.15) is 0 Å². The molecule has 0 radical (unpaired) electrons. The maximum atomic E-state index is 6.51. The third-order valence-electron chi connectivity index (χ3n) is 5.76. The van der Waals surface area contributed by atoms with Crippen LogP contribution in [0.4, 0.5) is 0 Å². The van der Waals surface area contributed by atoms with Crippen LogP contribution in [0.1, 0.15) is 58.3 Å². The van der Waals surface area contributed by atoms with E-state index < -0.39 is 5.79 Å². The number of rotatable bonds is 9. The van der Waals surface area contributed by atoms with Crippen molar-refractivity contribution >= 4 is 21.5 Å². The summed E-state index contributed by atoms with van der Waals surface area (Å²) in [6.45, 7) is 3.07. The van der Waals surface area contributed by atoms with Crippen molar-refractivity contribution in [3.05, 3.63) is 54.6 Å². The minimum Gasteiger partial charge on any atom is -0.462 e. The van der Waals surface area contributed by atoms with Crippen molar-refractivity contribution in [1.29, 1.82) is 0 Å². The molecule has 1 fully saturated rings. The van der Waals surface area contributed by atoms with E-state index in [2.05, 4.69) is 61.5 Å². The third kappa shape index (κ3) is 4.11. The zero-order valence-corrected chi connectivity index (χ0v) is 16.4. The number of hydrogen-bond acceptors (Lipinski definition) is 2. The molecule has 0 aromatic heterocycles. The van der Waals surface area contributed by atoms with Gasteiger partial charge in [-0.1, -0.05) is 75.4 Å². The highest BCUT2D eigenvalue weighted by molar-refractivity contribution is 6.00. The van der Waals surface area contributed by atoms with Crippen molar-refractivity contribution in [2.45, 2.75) is 64.1 Å². The molecule has 27 heavy (non-hydrogen) atoms. The summed E-state index contributed by atoms with van der Waals surface area (Å²) >= 11 is 0. The minimum absolute atomic E-state index is 0.412. The van der Waals surface area contributed by atoms with Crippen LogP contribution in [0.2, 0.25) is 0 Å². The van der Waals surface area contributed by atoms with Crippen molar-refractivity contribution in [1.82, 2.24) is 0 Å². The van der Waals surface area contributed by atoms with Crippen LogP contribution in [-0.2, 0) is 4.74 Å². The molecule has 2 nitrogen and oxygen atoms in total. The molecule has 1 atom stereocenters. The Hall–Kier alpha value is -2.06. The largest absolute Gasteiger partial charge is 0.462 e. The molecule has 0 spiro atoms. The van der Waals surface area contributed by atoms with E-state index in [4.69, 9.17) is 9.47 Å². The Kier molecular flexibility index (Phi) is 5.63. The molecule has 0 saturated carbocycles. The summed E-state index contributed by atoms with van der Waals surface area (Å²) < 4.78 is 12.5. The van der Waals surface area contributed by atoms with Gasteiger partial charge >= 0.3 is 0 Å². The molecule has 1 unspecified atom stereocenters. The van der Waals surface area contributed by atoms with Crippen molar-refractivity contribution in [2.75, 3.05) is 6.61 Å². The molecule has 1 aliphatic heterocycles. The summed E-state index contributed by atoms with van der Waals surface area (Å²) in [5, 5.41) is 4.92. The number of unbranched alkanes of at least 4 members (excludes halogenated alkanes) is 5. The van der Waals surface area contributed by atoms with Crippen molar-refractivity contribution < 1.29 is 9.47 Å². The van der Waals surface area contributed by atoms with Gasteiger partial charge in [0.2, 0.25) is 5.79 Å². The summed E-state index contributed by atoms with van der Waals surface area (Å²) in [5.41, 5.74) is 0. The van der Waals surface area contributed by atoms with Crippen LogP contribution in [0.5, 0.6) is 5.75 Å². The standard InChI is InChI=1S/C25H30O2/c1-2-3-4-5-6-9-15-25(16-17-26-25)27-24-14-10-13-22-18-20-11-7-8-12-21(20)19-23(22)24/h7-8,10-14,18-19H,2-6,9,15-17H2,1H3. The molecule has 2 heteroatoms. The lowest BCUT2D eigenvalue weighted by Gasteiger charge is -2.42. The fraction of sp³-hybridized carbons (Fsp3) is 0.440. The highest BCUT2D eigenvalue weighted by Crippen LogP contribution is 2.38. The topological polar surface area (TPSA) is 18.5 Å². The maximum Gasteiger partial charge on any atom is 0.212 e. The lowest BCUT2D eigenvalue weighted by Crippen LogP contribution is -2.49. The van der Waals surface area contributed by atoms with E-state index in [1.807, 2.05) is 0 Å². The van der Waals surface area contributed by atoms with Crippen molar-refractivity contribution in [2.24, 2.45) is 0 Å². The van der Waals surface area contributed by atoms with Crippen molar-refractivity contribution in [3.8, 4) is 5.75 Å². The van der Waals surface area contributed by atoms with E-state index in [1.54, 1.807) is 0 Å². The fourth-order valence-electron chi connectivity index (χ4n) is 4.06. The molecule has 3 aromatic carbocycles. The average molecular weight is 363 g/mol. The van der Waals surface area contributed by atoms with Crippen molar-refractivity contribution in [3.63, 3.8) is 0 Å². The summed E-state index contributed by atoms with van der Waals surface area (Å²) in [5.74, 6) is 0.536. The van der Waals surface area contributed by atoms with Gasteiger partial charge in [0, 0.05) is 18.2 Å². The van der Waals surface area contributed by atoms with Gasteiger partial charge in [0.15, 0.2) is 0 Å². The van der Waals surface area contributed by atoms with Crippen LogP contribution in [0, 0.1) is 0 Å². The molecule has 0 amide bonds. The second-order valence-corrected chi connectivity index (χ2v) is 7.81. The average Bonchev–Trinajstić information content (AvgIpc) is 2.67. The molecular weight excluding hydrogens is 332 g/mol. The summed E-state index contributed by atoms with van der Waals surface area (Å²) in [6.07, 6.45) is 9.75. The number of hydrogen-bond donors (Lipinski definition) is 0. The lowest BCUT2D eigenvalue weighted by molar-refractivity contribution is -0.267. The van der Waals surface area contributed by atoms with Gasteiger partial charge in [0.1, 0.15) is 5.75 Å². The zero-order valence-electron chi connectivity index (χ0n) is 16.4. The Morgan fingerprint density at radius 2 is 1.56 bits per heavy atom. The number of fused-ring (bicyclic) bond motifs is 2. The van der Waals surface area contributed by atoms with Crippen LogP contribution in [-0.4, -0.2) is 12.4 Å². The van der Waals surface area contributed by atoms with Gasteiger partial charge in [-0.25, -0.2) is 0 Å². The van der Waals surface area contributed by atoms with Crippen LogP contribution < -0.4 is 4.74 Å². The fourth-order valence-corrected chi connectivity index (χ4v) is 4.06. The smallest absolute Gasteiger partial charge is 0.212 e. The molecule has 0 bridgehead atoms. The number of benzene rings is 3. The van der Waals surface area contributed by atoms with Gasteiger partial charge in [0.25, 0.3) is 0 Å². The van der Waals surface area contributed by atoms with Crippen LogP contribution in [0.3, 0.4) is 0 Å². The minimum atomic E-state index is -0.412. The Balaban J connectivity index is 1.50. The van der Waals surface area contributed by atoms with E-state index in [9.17, 15) is 0 Å². The molecule has 1 heterocycles. The SMILES string of the molecule is CCCCCCCCC1(Oc2cccc3cc4ccccc4cc23)CCO1. The molecule has 142 valence electrons. The van der Waals surface area contributed by atoms with E-state index >= 15 is 0 Å².